The number of ether oxygens (including phenoxy) is 1. The van der Waals surface area contributed by atoms with E-state index in [-0.39, 0.29) is 23.5 Å². The van der Waals surface area contributed by atoms with Gasteiger partial charge in [0.25, 0.3) is 5.95 Å². The van der Waals surface area contributed by atoms with Crippen molar-refractivity contribution >= 4 is 5.95 Å². The van der Waals surface area contributed by atoms with Crippen LogP contribution in [-0.2, 0) is 0 Å². The summed E-state index contributed by atoms with van der Waals surface area (Å²) in [5.74, 6) is 5.81. The molecule has 0 aromatic carbocycles. The Morgan fingerprint density at radius 1 is 1.37 bits per heavy atom. The Morgan fingerprint density at radius 3 is 2.74 bits per heavy atom. The monoisotopic (exact) mass is 264 g/mol. The molecule has 2 heterocycles. The van der Waals surface area contributed by atoms with E-state index in [9.17, 15) is 0 Å². The molecule has 0 fully saturated rings. The van der Waals surface area contributed by atoms with Crippen LogP contribution in [0.1, 0.15) is 27.2 Å². The molecule has 0 unspecified atom stereocenters. The summed E-state index contributed by atoms with van der Waals surface area (Å²) in [6.07, 6.45) is 3.67. The summed E-state index contributed by atoms with van der Waals surface area (Å²) in [6.45, 7) is 5.91. The molecule has 9 heteroatoms. The smallest absolute Gasteiger partial charge is 0.323 e. The molecule has 0 bridgehead atoms. The van der Waals surface area contributed by atoms with E-state index in [1.165, 1.54) is 17.3 Å². The number of hydrogen-bond donors (Lipinski definition) is 2. The molecule has 2 aromatic rings. The molecular formula is C10H16N8O. The molecule has 0 radical (unpaired) electrons. The van der Waals surface area contributed by atoms with Crippen molar-refractivity contribution in [3.63, 3.8) is 0 Å². The van der Waals surface area contributed by atoms with Gasteiger partial charge in [0.2, 0.25) is 5.95 Å². The highest BCUT2D eigenvalue weighted by atomic mass is 16.5. The Hall–Kier alpha value is -2.29. The molecule has 0 aliphatic carbocycles. The normalized spacial score (nSPS) is 11.4. The minimum absolute atomic E-state index is 0.181. The second-order valence-corrected chi connectivity index (χ2v) is 4.44. The SMILES string of the molecule is CCC(C)(C)Oc1nc(NN)nc(-n2cncn2)n1. The van der Waals surface area contributed by atoms with Crippen molar-refractivity contribution in [1.29, 1.82) is 0 Å². The van der Waals surface area contributed by atoms with Crippen LogP contribution in [0, 0.1) is 0 Å². The molecule has 0 saturated carbocycles. The van der Waals surface area contributed by atoms with Crippen molar-refractivity contribution in [2.75, 3.05) is 5.43 Å². The third kappa shape index (κ3) is 3.13. The molecule has 0 atom stereocenters. The zero-order chi connectivity index (χ0) is 13.9. The minimum atomic E-state index is -0.382. The molecule has 0 amide bonds. The number of nitrogens with one attached hydrogen (secondary N) is 1. The zero-order valence-corrected chi connectivity index (χ0v) is 11.0. The van der Waals surface area contributed by atoms with Gasteiger partial charge in [-0.1, -0.05) is 6.92 Å². The van der Waals surface area contributed by atoms with Gasteiger partial charge in [0.05, 0.1) is 0 Å². The van der Waals surface area contributed by atoms with Crippen molar-refractivity contribution in [2.24, 2.45) is 5.84 Å². The van der Waals surface area contributed by atoms with E-state index >= 15 is 0 Å². The van der Waals surface area contributed by atoms with Gasteiger partial charge in [-0.05, 0) is 20.3 Å². The minimum Gasteiger partial charge on any atom is -0.457 e. The van der Waals surface area contributed by atoms with Gasteiger partial charge in [0.15, 0.2) is 0 Å². The zero-order valence-electron chi connectivity index (χ0n) is 11.0. The number of aromatic nitrogens is 6. The second kappa shape index (κ2) is 5.14. The molecule has 102 valence electrons. The number of rotatable bonds is 5. The maximum absolute atomic E-state index is 5.71. The van der Waals surface area contributed by atoms with Crippen molar-refractivity contribution in [3.05, 3.63) is 12.7 Å². The van der Waals surface area contributed by atoms with Crippen LogP contribution in [0.3, 0.4) is 0 Å². The maximum Gasteiger partial charge on any atom is 0.323 e. The molecule has 0 spiro atoms. The summed E-state index contributed by atoms with van der Waals surface area (Å²) >= 11 is 0. The third-order valence-corrected chi connectivity index (χ3v) is 2.57. The van der Waals surface area contributed by atoms with E-state index in [0.717, 1.165) is 6.42 Å². The van der Waals surface area contributed by atoms with Crippen LogP contribution >= 0.6 is 0 Å². The van der Waals surface area contributed by atoms with E-state index in [1.807, 2.05) is 20.8 Å². The largest absolute Gasteiger partial charge is 0.457 e. The Labute approximate surface area is 110 Å². The number of hydrogen-bond acceptors (Lipinski definition) is 8. The highest BCUT2D eigenvalue weighted by Crippen LogP contribution is 2.18. The van der Waals surface area contributed by atoms with Gasteiger partial charge in [-0.2, -0.15) is 24.7 Å². The first-order valence-electron chi connectivity index (χ1n) is 5.81. The second-order valence-electron chi connectivity index (χ2n) is 4.44. The van der Waals surface area contributed by atoms with Crippen molar-refractivity contribution in [3.8, 4) is 12.0 Å². The van der Waals surface area contributed by atoms with E-state index in [4.69, 9.17) is 10.6 Å². The number of nitrogens with zero attached hydrogens (tertiary/aromatic N) is 6. The summed E-state index contributed by atoms with van der Waals surface area (Å²) in [7, 11) is 0. The van der Waals surface area contributed by atoms with Crippen molar-refractivity contribution < 1.29 is 4.74 Å². The van der Waals surface area contributed by atoms with Crippen LogP contribution in [0.2, 0.25) is 0 Å². The van der Waals surface area contributed by atoms with Gasteiger partial charge >= 0.3 is 6.01 Å². The van der Waals surface area contributed by atoms with Gasteiger partial charge in [0, 0.05) is 0 Å². The molecule has 0 saturated heterocycles. The highest BCUT2D eigenvalue weighted by Gasteiger charge is 2.20. The summed E-state index contributed by atoms with van der Waals surface area (Å²) in [6, 6.07) is 0.181. The molecule has 0 aliphatic rings. The van der Waals surface area contributed by atoms with Gasteiger partial charge in [-0.3, -0.25) is 5.43 Å². The van der Waals surface area contributed by atoms with Gasteiger partial charge in [0.1, 0.15) is 18.3 Å². The Bertz CT molecular complexity index is 538. The molecule has 9 nitrogen and oxygen atoms in total. The molecular weight excluding hydrogens is 248 g/mol. The van der Waals surface area contributed by atoms with Crippen molar-refractivity contribution in [1.82, 2.24) is 29.7 Å². The summed E-state index contributed by atoms with van der Waals surface area (Å²) < 4.78 is 7.11. The summed E-state index contributed by atoms with van der Waals surface area (Å²) in [5, 5.41) is 3.95. The topological polar surface area (TPSA) is 117 Å². The third-order valence-electron chi connectivity index (χ3n) is 2.57. The Balaban J connectivity index is 2.37. The van der Waals surface area contributed by atoms with Crippen LogP contribution in [0.15, 0.2) is 12.7 Å². The average molecular weight is 264 g/mol. The highest BCUT2D eigenvalue weighted by molar-refractivity contribution is 5.28. The fourth-order valence-corrected chi connectivity index (χ4v) is 1.19. The van der Waals surface area contributed by atoms with Crippen molar-refractivity contribution in [2.45, 2.75) is 32.8 Å². The first-order chi connectivity index (χ1) is 9.04. The number of anilines is 1. The Kier molecular flexibility index (Phi) is 3.56. The van der Waals surface area contributed by atoms with Crippen LogP contribution < -0.4 is 16.0 Å². The lowest BCUT2D eigenvalue weighted by atomic mass is 10.1. The lowest BCUT2D eigenvalue weighted by Crippen LogP contribution is -2.28. The van der Waals surface area contributed by atoms with E-state index in [2.05, 4.69) is 30.5 Å². The van der Waals surface area contributed by atoms with Gasteiger partial charge in [-0.25, -0.2) is 10.8 Å². The van der Waals surface area contributed by atoms with Crippen LogP contribution in [0.4, 0.5) is 5.95 Å². The molecule has 0 aliphatic heterocycles. The molecule has 2 aromatic heterocycles. The van der Waals surface area contributed by atoms with Gasteiger partial charge in [-0.15, -0.1) is 0 Å². The molecule has 19 heavy (non-hydrogen) atoms. The van der Waals surface area contributed by atoms with E-state index < -0.39 is 0 Å². The molecule has 2 rings (SSSR count). The van der Waals surface area contributed by atoms with Crippen LogP contribution in [0.5, 0.6) is 6.01 Å². The predicted octanol–water partition coefficient (Wildman–Crippen LogP) is 0.305. The average Bonchev–Trinajstić information content (AvgIpc) is 2.91. The molecule has 3 N–H and O–H groups in total. The first kappa shape index (κ1) is 13.1. The van der Waals surface area contributed by atoms with E-state index in [0.29, 0.717) is 0 Å². The number of nitrogens with two attached hydrogens (primary N) is 1. The summed E-state index contributed by atoms with van der Waals surface area (Å²) in [4.78, 5) is 16.1. The lowest BCUT2D eigenvalue weighted by Gasteiger charge is -2.23. The van der Waals surface area contributed by atoms with Crippen LogP contribution in [0.25, 0.3) is 5.95 Å². The summed E-state index contributed by atoms with van der Waals surface area (Å²) in [5.41, 5.74) is 1.99. The van der Waals surface area contributed by atoms with Gasteiger partial charge < -0.3 is 4.74 Å². The number of nitrogen functional groups attached to an aromatic ring is 1. The lowest BCUT2D eigenvalue weighted by molar-refractivity contribution is 0.0922. The van der Waals surface area contributed by atoms with Crippen LogP contribution in [-0.4, -0.2) is 35.3 Å². The fraction of sp³-hybridized carbons (Fsp3) is 0.500. The van der Waals surface area contributed by atoms with E-state index in [1.54, 1.807) is 0 Å². The maximum atomic E-state index is 5.71. The first-order valence-corrected chi connectivity index (χ1v) is 5.81. The fourth-order valence-electron chi connectivity index (χ4n) is 1.19. The Morgan fingerprint density at radius 2 is 2.16 bits per heavy atom. The quantitative estimate of drug-likeness (QED) is 0.585. The standard InChI is InChI=1S/C10H16N8O/c1-4-10(2,3)19-9-15-7(17-11)14-8(16-9)18-6-12-5-13-18/h5-6H,4,11H2,1-3H3,(H,14,15,16,17). The predicted molar refractivity (Wildman–Crippen MR) is 67.6 cm³/mol. The number of hydrazine groups is 1.